The summed E-state index contributed by atoms with van der Waals surface area (Å²) in [5.41, 5.74) is 6.83. The van der Waals surface area contributed by atoms with Crippen LogP contribution in [0, 0.1) is 6.92 Å². The molecule has 0 fully saturated rings. The number of hydrogen-bond donors (Lipinski definition) is 2. The third-order valence-electron chi connectivity index (χ3n) is 2.57. The molecule has 0 bridgehead atoms. The van der Waals surface area contributed by atoms with E-state index in [1.807, 2.05) is 0 Å². The van der Waals surface area contributed by atoms with Crippen LogP contribution in [0.5, 0.6) is 0 Å². The van der Waals surface area contributed by atoms with Gasteiger partial charge in [0.1, 0.15) is 10.7 Å². The summed E-state index contributed by atoms with van der Waals surface area (Å²) in [4.78, 5) is 3.80. The first kappa shape index (κ1) is 14.9. The van der Waals surface area contributed by atoms with Crippen molar-refractivity contribution in [3.8, 4) is 0 Å². The summed E-state index contributed by atoms with van der Waals surface area (Å²) in [6.07, 6.45) is 1.38. The van der Waals surface area contributed by atoms with E-state index < -0.39 is 10.0 Å². The predicted molar refractivity (Wildman–Crippen MR) is 80.7 cm³/mol. The largest absolute Gasteiger partial charge is 0.397 e. The highest BCUT2D eigenvalue weighted by molar-refractivity contribution is 7.92. The summed E-state index contributed by atoms with van der Waals surface area (Å²) >= 11 is 11.7. The second-order valence-electron chi connectivity index (χ2n) is 4.11. The van der Waals surface area contributed by atoms with Crippen LogP contribution in [0.4, 0.5) is 11.5 Å². The van der Waals surface area contributed by atoms with Gasteiger partial charge in [-0.15, -0.1) is 0 Å². The average Bonchev–Trinajstić information content (AvgIpc) is 2.36. The first-order chi connectivity index (χ1) is 9.29. The van der Waals surface area contributed by atoms with E-state index in [0.29, 0.717) is 5.69 Å². The van der Waals surface area contributed by atoms with Crippen molar-refractivity contribution in [3.05, 3.63) is 46.1 Å². The number of nitrogen functional groups attached to an aromatic ring is 1. The molecule has 0 aliphatic carbocycles. The number of hydrogen-bond acceptors (Lipinski definition) is 4. The number of nitrogens with one attached hydrogen (secondary N) is 1. The quantitative estimate of drug-likeness (QED) is 0.904. The fourth-order valence-corrected chi connectivity index (χ4v) is 3.26. The Kier molecular flexibility index (Phi) is 4.08. The number of aromatic nitrogens is 1. The van der Waals surface area contributed by atoms with Crippen LogP contribution in [-0.4, -0.2) is 13.4 Å². The second kappa shape index (κ2) is 5.47. The zero-order valence-electron chi connectivity index (χ0n) is 10.4. The van der Waals surface area contributed by atoms with Crippen LogP contribution in [0.2, 0.25) is 10.0 Å². The number of nitrogens with two attached hydrogens (primary N) is 1. The number of rotatable bonds is 3. The summed E-state index contributed by atoms with van der Waals surface area (Å²) in [6.45, 7) is 1.75. The number of anilines is 2. The van der Waals surface area contributed by atoms with Gasteiger partial charge in [-0.25, -0.2) is 13.4 Å². The van der Waals surface area contributed by atoms with Gasteiger partial charge in [-0.2, -0.15) is 0 Å². The molecule has 8 heteroatoms. The molecule has 0 saturated heterocycles. The van der Waals surface area contributed by atoms with Crippen molar-refractivity contribution in [3.63, 3.8) is 0 Å². The van der Waals surface area contributed by atoms with Gasteiger partial charge in [0, 0.05) is 5.02 Å². The van der Waals surface area contributed by atoms with Crippen molar-refractivity contribution in [1.29, 1.82) is 0 Å². The van der Waals surface area contributed by atoms with E-state index in [1.165, 1.54) is 30.5 Å². The number of pyridine rings is 1. The van der Waals surface area contributed by atoms with Crippen LogP contribution in [0.3, 0.4) is 0 Å². The summed E-state index contributed by atoms with van der Waals surface area (Å²) in [7, 11) is -3.87. The molecule has 2 aromatic rings. The van der Waals surface area contributed by atoms with Gasteiger partial charge >= 0.3 is 0 Å². The third-order valence-corrected chi connectivity index (χ3v) is 4.64. The minimum atomic E-state index is -3.87. The fourth-order valence-electron chi connectivity index (χ4n) is 1.50. The van der Waals surface area contributed by atoms with Crippen LogP contribution < -0.4 is 10.5 Å². The first-order valence-corrected chi connectivity index (χ1v) is 7.73. The van der Waals surface area contributed by atoms with Gasteiger partial charge in [-0.05, 0) is 36.8 Å². The van der Waals surface area contributed by atoms with Crippen LogP contribution in [0.1, 0.15) is 5.56 Å². The van der Waals surface area contributed by atoms with Crippen molar-refractivity contribution in [1.82, 2.24) is 4.98 Å². The molecule has 5 nitrogen and oxygen atoms in total. The summed E-state index contributed by atoms with van der Waals surface area (Å²) in [6, 6.07) is 5.73. The lowest BCUT2D eigenvalue weighted by Crippen LogP contribution is -2.14. The van der Waals surface area contributed by atoms with E-state index in [1.54, 1.807) is 6.92 Å². The molecule has 2 rings (SSSR count). The maximum atomic E-state index is 12.2. The number of aryl methyl sites for hydroxylation is 1. The number of nitrogens with zero attached hydrogens (tertiary/aromatic N) is 1. The molecule has 0 saturated carbocycles. The van der Waals surface area contributed by atoms with Gasteiger partial charge in [-0.3, -0.25) is 4.72 Å². The van der Waals surface area contributed by atoms with Crippen molar-refractivity contribution in [2.45, 2.75) is 11.8 Å². The van der Waals surface area contributed by atoms with Gasteiger partial charge < -0.3 is 5.73 Å². The Balaban J connectivity index is 2.40. The Hall–Kier alpha value is -1.50. The molecular formula is C12H11Cl2N3O2S. The van der Waals surface area contributed by atoms with Crippen LogP contribution in [0.25, 0.3) is 0 Å². The Morgan fingerprint density at radius 2 is 1.95 bits per heavy atom. The molecule has 0 aliphatic heterocycles. The molecule has 0 atom stereocenters. The Labute approximate surface area is 126 Å². The van der Waals surface area contributed by atoms with Gasteiger partial charge in [0.15, 0.2) is 0 Å². The molecule has 20 heavy (non-hydrogen) atoms. The molecule has 0 radical (unpaired) electrons. The molecule has 0 amide bonds. The van der Waals surface area contributed by atoms with Crippen LogP contribution >= 0.6 is 23.2 Å². The number of sulfonamides is 1. The molecule has 1 heterocycles. The minimum Gasteiger partial charge on any atom is -0.397 e. The minimum absolute atomic E-state index is 0.0778. The lowest BCUT2D eigenvalue weighted by molar-refractivity contribution is 0.601. The zero-order chi connectivity index (χ0) is 14.9. The summed E-state index contributed by atoms with van der Waals surface area (Å²) < 4.78 is 26.8. The molecule has 3 N–H and O–H groups in total. The molecular weight excluding hydrogens is 321 g/mol. The van der Waals surface area contributed by atoms with E-state index in [9.17, 15) is 8.42 Å². The molecule has 106 valence electrons. The van der Waals surface area contributed by atoms with Crippen molar-refractivity contribution in [2.24, 2.45) is 0 Å². The number of benzene rings is 1. The second-order valence-corrected chi connectivity index (χ2v) is 6.60. The Bertz CT molecular complexity index is 763. The maximum absolute atomic E-state index is 12.2. The van der Waals surface area contributed by atoms with E-state index in [2.05, 4.69) is 9.71 Å². The van der Waals surface area contributed by atoms with Gasteiger partial charge in [-0.1, -0.05) is 23.2 Å². The Morgan fingerprint density at radius 3 is 2.60 bits per heavy atom. The first-order valence-electron chi connectivity index (χ1n) is 5.49. The molecule has 1 aromatic carbocycles. The normalized spacial score (nSPS) is 11.3. The van der Waals surface area contributed by atoms with E-state index >= 15 is 0 Å². The van der Waals surface area contributed by atoms with Gasteiger partial charge in [0.05, 0.1) is 16.9 Å². The van der Waals surface area contributed by atoms with Crippen molar-refractivity contribution >= 4 is 44.7 Å². The van der Waals surface area contributed by atoms with Gasteiger partial charge in [0.2, 0.25) is 0 Å². The molecule has 0 aliphatic rings. The number of halogens is 2. The third kappa shape index (κ3) is 3.15. The molecule has 0 spiro atoms. The van der Waals surface area contributed by atoms with Crippen molar-refractivity contribution in [2.75, 3.05) is 10.5 Å². The summed E-state index contributed by atoms with van der Waals surface area (Å²) in [5, 5.41) is 0.352. The lowest BCUT2D eigenvalue weighted by Gasteiger charge is -2.10. The highest BCUT2D eigenvalue weighted by Crippen LogP contribution is 2.26. The van der Waals surface area contributed by atoms with Crippen LogP contribution in [0.15, 0.2) is 35.4 Å². The smallest absolute Gasteiger partial charge is 0.264 e. The maximum Gasteiger partial charge on any atom is 0.264 e. The lowest BCUT2D eigenvalue weighted by atomic mass is 10.2. The van der Waals surface area contributed by atoms with E-state index in [-0.39, 0.29) is 20.8 Å². The zero-order valence-corrected chi connectivity index (χ0v) is 12.7. The monoisotopic (exact) mass is 331 g/mol. The van der Waals surface area contributed by atoms with E-state index in [0.717, 1.165) is 5.56 Å². The standard InChI is InChI=1S/C12H11Cl2N3O2S/c1-7-4-12(16-6-10(7)15)17-20(18,19)11-5-8(13)2-3-9(11)14/h2-6H,15H2,1H3,(H,16,17). The molecule has 0 unspecified atom stereocenters. The average molecular weight is 332 g/mol. The highest BCUT2D eigenvalue weighted by atomic mass is 35.5. The van der Waals surface area contributed by atoms with Gasteiger partial charge in [0.25, 0.3) is 10.0 Å². The topological polar surface area (TPSA) is 85.1 Å². The summed E-state index contributed by atoms with van der Waals surface area (Å²) in [5.74, 6) is 0.160. The van der Waals surface area contributed by atoms with Crippen molar-refractivity contribution < 1.29 is 8.42 Å². The van der Waals surface area contributed by atoms with E-state index in [4.69, 9.17) is 28.9 Å². The van der Waals surface area contributed by atoms with Crippen LogP contribution in [-0.2, 0) is 10.0 Å². The fraction of sp³-hybridized carbons (Fsp3) is 0.0833. The SMILES string of the molecule is Cc1cc(NS(=O)(=O)c2cc(Cl)ccc2Cl)ncc1N. The highest BCUT2D eigenvalue weighted by Gasteiger charge is 2.19. The Morgan fingerprint density at radius 1 is 1.25 bits per heavy atom. The molecule has 1 aromatic heterocycles. The predicted octanol–water partition coefficient (Wildman–Crippen LogP) is 3.08.